The number of carbonyl (C=O) groups excluding carboxylic acids is 1. The molecule has 5 nitrogen and oxygen atoms in total. The fourth-order valence-corrected chi connectivity index (χ4v) is 3.65. The van der Waals surface area contributed by atoms with E-state index in [0.717, 1.165) is 23.1 Å². The van der Waals surface area contributed by atoms with Gasteiger partial charge in [0.25, 0.3) is 5.91 Å². The highest BCUT2D eigenvalue weighted by Gasteiger charge is 2.23. The first-order valence-electron chi connectivity index (χ1n) is 10.4. The van der Waals surface area contributed by atoms with E-state index in [-0.39, 0.29) is 11.5 Å². The summed E-state index contributed by atoms with van der Waals surface area (Å²) >= 11 is 0. The van der Waals surface area contributed by atoms with Gasteiger partial charge in [0, 0.05) is 13.1 Å². The minimum Gasteiger partial charge on any atom is -0.489 e. The topological polar surface area (TPSA) is 77.1 Å². The van der Waals surface area contributed by atoms with Gasteiger partial charge in [-0.15, -0.1) is 0 Å². The Balaban J connectivity index is 1.40. The molecule has 0 saturated carbocycles. The zero-order chi connectivity index (χ0) is 22.3. The lowest BCUT2D eigenvalue weighted by Gasteiger charge is -2.28. The molecule has 32 heavy (non-hydrogen) atoms. The summed E-state index contributed by atoms with van der Waals surface area (Å²) in [6, 6.07) is 26.8. The molecule has 3 aromatic carbocycles. The summed E-state index contributed by atoms with van der Waals surface area (Å²) in [6.45, 7) is 1.52. The summed E-state index contributed by atoms with van der Waals surface area (Å²) in [5.74, 6) is 0.437. The predicted molar refractivity (Wildman–Crippen MR) is 121 cm³/mol. The van der Waals surface area contributed by atoms with Gasteiger partial charge in [-0.25, -0.2) is 0 Å². The first-order valence-corrected chi connectivity index (χ1v) is 10.4. The van der Waals surface area contributed by atoms with Crippen molar-refractivity contribution in [2.75, 3.05) is 6.54 Å². The molecule has 5 heteroatoms. The Morgan fingerprint density at radius 1 is 0.969 bits per heavy atom. The van der Waals surface area contributed by atoms with Crippen molar-refractivity contribution in [1.82, 2.24) is 4.90 Å². The first-order chi connectivity index (χ1) is 15.7. The molecule has 1 aliphatic rings. The molecule has 0 spiro atoms. The van der Waals surface area contributed by atoms with Gasteiger partial charge < -0.3 is 9.64 Å². The number of ether oxygens (including phenoxy) is 1. The molecule has 0 unspecified atom stereocenters. The smallest absolute Gasteiger partial charge is 0.264 e. The fourth-order valence-electron chi connectivity index (χ4n) is 3.65. The molecule has 1 heterocycles. The van der Waals surface area contributed by atoms with Crippen molar-refractivity contribution in [3.8, 4) is 17.9 Å². The standard InChI is InChI=1S/C27H21N3O2/c28-16-21-5-7-22(8-6-21)19-32-26-11-9-20(10-12-26)15-25(17-29)27(31)30-14-13-23-3-1-2-4-24(23)18-30/h1-12,15H,13-14,18-19H2/b25-15+. The molecule has 0 aromatic heterocycles. The van der Waals surface area contributed by atoms with Crippen molar-refractivity contribution >= 4 is 12.0 Å². The molecule has 3 aromatic rings. The van der Waals surface area contributed by atoms with Crippen molar-refractivity contribution in [1.29, 1.82) is 10.5 Å². The van der Waals surface area contributed by atoms with Crippen LogP contribution in [0.4, 0.5) is 0 Å². The second kappa shape index (κ2) is 9.64. The Morgan fingerprint density at radius 3 is 2.38 bits per heavy atom. The normalized spacial score (nSPS) is 12.9. The highest BCUT2D eigenvalue weighted by atomic mass is 16.5. The van der Waals surface area contributed by atoms with E-state index >= 15 is 0 Å². The van der Waals surface area contributed by atoms with Gasteiger partial charge in [-0.05, 0) is 59.0 Å². The van der Waals surface area contributed by atoms with Crippen LogP contribution in [0.3, 0.4) is 0 Å². The van der Waals surface area contributed by atoms with Crippen LogP contribution in [-0.4, -0.2) is 17.4 Å². The molecule has 0 saturated heterocycles. The van der Waals surface area contributed by atoms with Gasteiger partial charge in [0.15, 0.2) is 0 Å². The van der Waals surface area contributed by atoms with Crippen LogP contribution in [0.15, 0.2) is 78.4 Å². The maximum atomic E-state index is 12.9. The van der Waals surface area contributed by atoms with Crippen LogP contribution in [0.5, 0.6) is 5.75 Å². The van der Waals surface area contributed by atoms with E-state index < -0.39 is 0 Å². The Hall–Kier alpha value is -4.35. The van der Waals surface area contributed by atoms with E-state index in [4.69, 9.17) is 10.00 Å². The molecule has 0 aliphatic carbocycles. The zero-order valence-electron chi connectivity index (χ0n) is 17.5. The summed E-state index contributed by atoms with van der Waals surface area (Å²) in [6.07, 6.45) is 2.42. The average molecular weight is 419 g/mol. The second-order valence-corrected chi connectivity index (χ2v) is 7.58. The number of benzene rings is 3. The lowest BCUT2D eigenvalue weighted by Crippen LogP contribution is -2.36. The molecular weight excluding hydrogens is 398 g/mol. The molecule has 1 amide bonds. The molecule has 0 bridgehead atoms. The van der Waals surface area contributed by atoms with Crippen LogP contribution in [0.25, 0.3) is 6.08 Å². The van der Waals surface area contributed by atoms with E-state index in [0.29, 0.717) is 31.0 Å². The summed E-state index contributed by atoms with van der Waals surface area (Å²) in [5.41, 5.74) is 4.85. The van der Waals surface area contributed by atoms with Crippen molar-refractivity contribution in [2.24, 2.45) is 0 Å². The van der Waals surface area contributed by atoms with Gasteiger partial charge in [-0.1, -0.05) is 48.5 Å². The molecule has 4 rings (SSSR count). The molecule has 1 aliphatic heterocycles. The second-order valence-electron chi connectivity index (χ2n) is 7.58. The van der Waals surface area contributed by atoms with E-state index in [1.165, 1.54) is 5.56 Å². The summed E-state index contributed by atoms with van der Waals surface area (Å²) in [7, 11) is 0. The van der Waals surface area contributed by atoms with Gasteiger partial charge in [0.2, 0.25) is 0 Å². The van der Waals surface area contributed by atoms with Gasteiger partial charge in [-0.3, -0.25) is 4.79 Å². The number of hydrogen-bond donors (Lipinski definition) is 0. The van der Waals surface area contributed by atoms with E-state index in [2.05, 4.69) is 18.2 Å². The van der Waals surface area contributed by atoms with E-state index in [1.807, 2.05) is 54.6 Å². The van der Waals surface area contributed by atoms with Crippen LogP contribution in [-0.2, 0) is 24.4 Å². The molecule has 0 N–H and O–H groups in total. The average Bonchev–Trinajstić information content (AvgIpc) is 2.86. The quantitative estimate of drug-likeness (QED) is 0.446. The van der Waals surface area contributed by atoms with Gasteiger partial charge in [0.05, 0.1) is 11.6 Å². The molecule has 0 radical (unpaired) electrons. The van der Waals surface area contributed by atoms with E-state index in [9.17, 15) is 10.1 Å². The Bertz CT molecular complexity index is 1230. The van der Waals surface area contributed by atoms with Gasteiger partial charge in [-0.2, -0.15) is 10.5 Å². The number of nitrogens with zero attached hydrogens (tertiary/aromatic N) is 3. The lowest BCUT2D eigenvalue weighted by atomic mass is 9.99. The van der Waals surface area contributed by atoms with Crippen molar-refractivity contribution in [3.63, 3.8) is 0 Å². The molecule has 0 fully saturated rings. The number of carbonyl (C=O) groups is 1. The van der Waals surface area contributed by atoms with Crippen LogP contribution in [0.1, 0.15) is 27.8 Å². The minimum absolute atomic E-state index is 0.121. The Morgan fingerprint density at radius 2 is 1.69 bits per heavy atom. The van der Waals surface area contributed by atoms with Crippen molar-refractivity contribution in [2.45, 2.75) is 19.6 Å². The number of hydrogen-bond acceptors (Lipinski definition) is 4. The van der Waals surface area contributed by atoms with Crippen LogP contribution >= 0.6 is 0 Å². The predicted octanol–water partition coefficient (Wildman–Crippen LogP) is 4.63. The lowest BCUT2D eigenvalue weighted by molar-refractivity contribution is -0.127. The molecular formula is C27H21N3O2. The van der Waals surface area contributed by atoms with Crippen LogP contribution in [0.2, 0.25) is 0 Å². The highest BCUT2D eigenvalue weighted by molar-refractivity contribution is 6.01. The number of fused-ring (bicyclic) bond motifs is 1. The Labute approximate surface area is 187 Å². The molecule has 156 valence electrons. The highest BCUT2D eigenvalue weighted by Crippen LogP contribution is 2.21. The fraction of sp³-hybridized carbons (Fsp3) is 0.148. The largest absolute Gasteiger partial charge is 0.489 e. The third-order valence-corrected chi connectivity index (χ3v) is 5.45. The summed E-state index contributed by atoms with van der Waals surface area (Å²) in [4.78, 5) is 14.6. The van der Waals surface area contributed by atoms with Crippen LogP contribution in [0, 0.1) is 22.7 Å². The van der Waals surface area contributed by atoms with E-state index in [1.54, 1.807) is 23.1 Å². The summed E-state index contributed by atoms with van der Waals surface area (Å²) in [5, 5.41) is 18.4. The third-order valence-electron chi connectivity index (χ3n) is 5.45. The number of rotatable bonds is 5. The maximum absolute atomic E-state index is 12.9. The van der Waals surface area contributed by atoms with Gasteiger partial charge >= 0.3 is 0 Å². The summed E-state index contributed by atoms with van der Waals surface area (Å²) < 4.78 is 5.78. The zero-order valence-corrected chi connectivity index (χ0v) is 17.5. The van der Waals surface area contributed by atoms with Crippen LogP contribution < -0.4 is 4.74 Å². The number of nitriles is 2. The number of amides is 1. The monoisotopic (exact) mass is 419 g/mol. The first kappa shape index (κ1) is 20.9. The minimum atomic E-state index is -0.247. The van der Waals surface area contributed by atoms with Crippen molar-refractivity contribution < 1.29 is 9.53 Å². The maximum Gasteiger partial charge on any atom is 0.264 e. The van der Waals surface area contributed by atoms with Crippen molar-refractivity contribution in [3.05, 3.63) is 106 Å². The third kappa shape index (κ3) is 4.86. The SMILES string of the molecule is N#C/C(=C\c1ccc(OCc2ccc(C#N)cc2)cc1)C(=O)N1CCc2ccccc2C1. The van der Waals surface area contributed by atoms with Gasteiger partial charge in [0.1, 0.15) is 24.0 Å². The Kier molecular flexibility index (Phi) is 6.30. The molecule has 0 atom stereocenters.